The number of nitrogens with zero attached hydrogens (tertiary/aromatic N) is 3. The van der Waals surface area contributed by atoms with Crippen LogP contribution in [0.25, 0.3) is 16.6 Å². The number of aromatic nitrogens is 3. The van der Waals surface area contributed by atoms with Crippen molar-refractivity contribution in [2.75, 3.05) is 0 Å². The molecule has 0 unspecified atom stereocenters. The Morgan fingerprint density at radius 3 is 2.84 bits per heavy atom. The number of aromatic amines is 1. The number of nitriles is 1. The molecule has 0 aromatic carbocycles. The maximum Gasteiger partial charge on any atom is 0.274 e. The highest BCUT2D eigenvalue weighted by Crippen LogP contribution is 2.38. The normalized spacial score (nSPS) is 14.8. The highest BCUT2D eigenvalue weighted by Gasteiger charge is 2.27. The molecule has 0 radical (unpaired) electrons. The van der Waals surface area contributed by atoms with Crippen LogP contribution in [0.3, 0.4) is 0 Å². The van der Waals surface area contributed by atoms with Gasteiger partial charge in [-0.3, -0.25) is 9.59 Å². The third-order valence-electron chi connectivity index (χ3n) is 4.68. The van der Waals surface area contributed by atoms with E-state index in [0.29, 0.717) is 27.0 Å². The number of amides is 1. The number of pyridine rings is 1. The molecule has 1 fully saturated rings. The highest BCUT2D eigenvalue weighted by atomic mass is 32.1. The zero-order valence-electron chi connectivity index (χ0n) is 13.3. The number of nitrogens with one attached hydrogen (secondary N) is 1. The van der Waals surface area contributed by atoms with Crippen LogP contribution in [0.4, 0.5) is 0 Å². The number of rotatable bonds is 3. The van der Waals surface area contributed by atoms with E-state index < -0.39 is 5.91 Å². The minimum absolute atomic E-state index is 0.242. The Hall–Kier alpha value is -2.92. The zero-order chi connectivity index (χ0) is 17.6. The molecule has 0 atom stereocenters. The SMILES string of the molecule is N#Cc1c[nH]c(=O)c2c1c(C1CCCC1)nn2-c1csc(C(N)=O)c1. The lowest BCUT2D eigenvalue weighted by molar-refractivity contribution is 0.100. The van der Waals surface area contributed by atoms with E-state index in [4.69, 9.17) is 5.73 Å². The van der Waals surface area contributed by atoms with Gasteiger partial charge in [0.05, 0.1) is 21.8 Å². The van der Waals surface area contributed by atoms with Crippen molar-refractivity contribution in [1.29, 1.82) is 5.26 Å². The average molecular weight is 353 g/mol. The molecule has 1 saturated carbocycles. The standard InChI is InChI=1S/C17H15N5O2S/c18-6-10-7-20-17(24)15-13(10)14(9-3-1-2-4-9)21-22(15)11-5-12(16(19)23)25-8-11/h5,7-9H,1-4H2,(H2,19,23)(H,20,24). The van der Waals surface area contributed by atoms with Crippen LogP contribution in [0.15, 0.2) is 22.4 Å². The van der Waals surface area contributed by atoms with E-state index in [2.05, 4.69) is 16.2 Å². The number of H-pyrrole nitrogens is 1. The van der Waals surface area contributed by atoms with Gasteiger partial charge in [-0.25, -0.2) is 4.68 Å². The monoisotopic (exact) mass is 353 g/mol. The van der Waals surface area contributed by atoms with Crippen molar-refractivity contribution >= 4 is 28.1 Å². The summed E-state index contributed by atoms with van der Waals surface area (Å²) in [6.45, 7) is 0. The third-order valence-corrected chi connectivity index (χ3v) is 5.61. The Bertz CT molecular complexity index is 1080. The second-order valence-corrected chi connectivity index (χ2v) is 7.09. The second kappa shape index (κ2) is 5.86. The predicted octanol–water partition coefficient (Wildman–Crippen LogP) is 2.40. The first kappa shape index (κ1) is 15.6. The molecule has 3 aromatic heterocycles. The quantitative estimate of drug-likeness (QED) is 0.751. The van der Waals surface area contributed by atoms with Gasteiger partial charge in [-0.05, 0) is 18.9 Å². The second-order valence-electron chi connectivity index (χ2n) is 6.18. The van der Waals surface area contributed by atoms with Crippen LogP contribution >= 0.6 is 11.3 Å². The molecular formula is C17H15N5O2S. The maximum absolute atomic E-state index is 12.5. The summed E-state index contributed by atoms with van der Waals surface area (Å²) >= 11 is 1.21. The van der Waals surface area contributed by atoms with Gasteiger partial charge in [0, 0.05) is 22.9 Å². The molecule has 25 heavy (non-hydrogen) atoms. The Labute approximate surface area is 146 Å². The summed E-state index contributed by atoms with van der Waals surface area (Å²) in [5.74, 6) is -0.276. The fourth-order valence-electron chi connectivity index (χ4n) is 3.51. The van der Waals surface area contributed by atoms with Crippen molar-refractivity contribution in [3.63, 3.8) is 0 Å². The summed E-state index contributed by atoms with van der Waals surface area (Å²) in [7, 11) is 0. The van der Waals surface area contributed by atoms with Crippen molar-refractivity contribution in [2.24, 2.45) is 5.73 Å². The van der Waals surface area contributed by atoms with Gasteiger partial charge in [-0.1, -0.05) is 12.8 Å². The number of hydrogen-bond acceptors (Lipinski definition) is 5. The fraction of sp³-hybridized carbons (Fsp3) is 0.294. The van der Waals surface area contributed by atoms with Crippen molar-refractivity contribution in [3.05, 3.63) is 44.1 Å². The molecule has 3 aromatic rings. The first-order valence-corrected chi connectivity index (χ1v) is 8.91. The lowest BCUT2D eigenvalue weighted by atomic mass is 9.99. The molecule has 0 spiro atoms. The van der Waals surface area contributed by atoms with E-state index in [1.807, 2.05) is 0 Å². The molecule has 0 saturated heterocycles. The van der Waals surface area contributed by atoms with Gasteiger partial charge < -0.3 is 10.7 Å². The van der Waals surface area contributed by atoms with Crippen LogP contribution in [-0.2, 0) is 0 Å². The predicted molar refractivity (Wildman–Crippen MR) is 94.0 cm³/mol. The van der Waals surface area contributed by atoms with E-state index in [1.54, 1.807) is 11.4 Å². The maximum atomic E-state index is 12.5. The summed E-state index contributed by atoms with van der Waals surface area (Å²) in [5, 5.41) is 16.5. The summed E-state index contributed by atoms with van der Waals surface area (Å²) in [6.07, 6.45) is 5.68. The van der Waals surface area contributed by atoms with E-state index in [0.717, 1.165) is 31.4 Å². The number of thiophene rings is 1. The molecule has 4 rings (SSSR count). The smallest absolute Gasteiger partial charge is 0.274 e. The Kier molecular flexibility index (Phi) is 3.66. The van der Waals surface area contributed by atoms with Crippen LogP contribution in [0.2, 0.25) is 0 Å². The van der Waals surface area contributed by atoms with Crippen LogP contribution in [0.1, 0.15) is 52.5 Å². The van der Waals surface area contributed by atoms with E-state index in [-0.39, 0.29) is 11.5 Å². The minimum Gasteiger partial charge on any atom is -0.365 e. The third kappa shape index (κ3) is 2.44. The Morgan fingerprint density at radius 1 is 1.44 bits per heavy atom. The zero-order valence-corrected chi connectivity index (χ0v) is 14.1. The molecule has 126 valence electrons. The molecule has 0 bridgehead atoms. The summed E-state index contributed by atoms with van der Waals surface area (Å²) in [4.78, 5) is 26.9. The average Bonchev–Trinajstić information content (AvgIpc) is 3.33. The number of carbonyl (C=O) groups excluding carboxylic acids is 1. The number of hydrogen-bond donors (Lipinski definition) is 2. The van der Waals surface area contributed by atoms with Crippen molar-refractivity contribution < 1.29 is 4.79 Å². The number of nitrogens with two attached hydrogens (primary N) is 1. The molecular weight excluding hydrogens is 338 g/mol. The summed E-state index contributed by atoms with van der Waals surface area (Å²) in [6, 6.07) is 3.78. The fourth-order valence-corrected chi connectivity index (χ4v) is 4.24. The van der Waals surface area contributed by atoms with Crippen LogP contribution in [-0.4, -0.2) is 20.7 Å². The van der Waals surface area contributed by atoms with Gasteiger partial charge in [0.25, 0.3) is 11.5 Å². The van der Waals surface area contributed by atoms with Crippen LogP contribution in [0.5, 0.6) is 0 Å². The molecule has 1 aliphatic carbocycles. The first-order valence-electron chi connectivity index (χ1n) is 8.03. The molecule has 1 amide bonds. The molecule has 7 nitrogen and oxygen atoms in total. The summed E-state index contributed by atoms with van der Waals surface area (Å²) < 4.78 is 1.53. The summed E-state index contributed by atoms with van der Waals surface area (Å²) in [5.41, 5.74) is 7.17. The first-order chi connectivity index (χ1) is 12.1. The Balaban J connectivity index is 2.03. The van der Waals surface area contributed by atoms with Gasteiger partial charge in [0.15, 0.2) is 0 Å². The molecule has 1 aliphatic rings. The van der Waals surface area contributed by atoms with E-state index in [9.17, 15) is 14.9 Å². The van der Waals surface area contributed by atoms with Crippen molar-refractivity contribution in [1.82, 2.24) is 14.8 Å². The van der Waals surface area contributed by atoms with Gasteiger partial charge in [-0.2, -0.15) is 10.4 Å². The van der Waals surface area contributed by atoms with Gasteiger partial charge in [0.1, 0.15) is 11.6 Å². The van der Waals surface area contributed by atoms with Gasteiger partial charge in [0.2, 0.25) is 0 Å². The molecule has 0 aliphatic heterocycles. The Morgan fingerprint density at radius 2 is 2.20 bits per heavy atom. The minimum atomic E-state index is -0.518. The van der Waals surface area contributed by atoms with Crippen molar-refractivity contribution in [2.45, 2.75) is 31.6 Å². The topological polar surface area (TPSA) is 118 Å². The lowest BCUT2D eigenvalue weighted by Crippen LogP contribution is -2.11. The van der Waals surface area contributed by atoms with Crippen LogP contribution in [0, 0.1) is 11.3 Å². The van der Waals surface area contributed by atoms with Crippen LogP contribution < -0.4 is 11.3 Å². The number of primary amides is 1. The molecule has 8 heteroatoms. The highest BCUT2D eigenvalue weighted by molar-refractivity contribution is 7.12. The number of fused-ring (bicyclic) bond motifs is 1. The van der Waals surface area contributed by atoms with Gasteiger partial charge >= 0.3 is 0 Å². The number of carbonyl (C=O) groups is 1. The van der Waals surface area contributed by atoms with E-state index >= 15 is 0 Å². The lowest BCUT2D eigenvalue weighted by Gasteiger charge is -2.05. The van der Waals surface area contributed by atoms with E-state index in [1.165, 1.54) is 22.2 Å². The largest absolute Gasteiger partial charge is 0.365 e. The van der Waals surface area contributed by atoms with Crippen molar-refractivity contribution in [3.8, 4) is 11.8 Å². The molecule has 3 heterocycles. The van der Waals surface area contributed by atoms with Gasteiger partial charge in [-0.15, -0.1) is 11.3 Å². The molecule has 3 N–H and O–H groups in total.